The molecule has 0 atom stereocenters. The highest BCUT2D eigenvalue weighted by Gasteiger charge is 2.22. The van der Waals surface area contributed by atoms with Crippen LogP contribution in [0.15, 0.2) is 33.0 Å². The Bertz CT molecular complexity index is 800. The molecule has 1 heterocycles. The van der Waals surface area contributed by atoms with Gasteiger partial charge in [0.25, 0.3) is 4.34 Å². The van der Waals surface area contributed by atoms with Crippen LogP contribution in [-0.4, -0.2) is 30.8 Å². The fourth-order valence-corrected chi connectivity index (χ4v) is 3.66. The third kappa shape index (κ3) is 3.63. The summed E-state index contributed by atoms with van der Waals surface area (Å²) < 4.78 is 37.0. The Hall–Kier alpha value is -1.51. The number of nitrogens with zero attached hydrogens (tertiary/aromatic N) is 3. The van der Waals surface area contributed by atoms with Gasteiger partial charge >= 0.3 is 10.0 Å². The second-order valence-electron chi connectivity index (χ2n) is 4.63. The Balaban J connectivity index is 2.42. The lowest BCUT2D eigenvalue weighted by Crippen LogP contribution is -2.13. The molecule has 0 radical (unpaired) electrons. The summed E-state index contributed by atoms with van der Waals surface area (Å²) in [6, 6.07) is 6.95. The van der Waals surface area contributed by atoms with Gasteiger partial charge in [-0.2, -0.15) is 12.8 Å². The molecule has 2 rings (SSSR count). The van der Waals surface area contributed by atoms with Gasteiger partial charge in [-0.05, 0) is 12.1 Å². The standard InChI is InChI=1S/C13H14ClN3O3S2/c1-8(2)12(20-3)17-22(18,19)13-15-11(16-21-13)9-6-4-5-7-10(9)14/h4-8H,1-3H3/b17-12-. The van der Waals surface area contributed by atoms with Crippen molar-refractivity contribution in [3.63, 3.8) is 0 Å². The predicted octanol–water partition coefficient (Wildman–Crippen LogP) is 3.25. The Morgan fingerprint density at radius 2 is 2.05 bits per heavy atom. The van der Waals surface area contributed by atoms with Crippen LogP contribution in [0.25, 0.3) is 11.4 Å². The summed E-state index contributed by atoms with van der Waals surface area (Å²) in [5.74, 6) is 0.220. The molecule has 1 aromatic heterocycles. The summed E-state index contributed by atoms with van der Waals surface area (Å²) in [5, 5.41) is 0.451. The first-order valence-corrected chi connectivity index (χ1v) is 8.91. The van der Waals surface area contributed by atoms with E-state index < -0.39 is 10.0 Å². The van der Waals surface area contributed by atoms with Gasteiger partial charge in [0.1, 0.15) is 0 Å². The van der Waals surface area contributed by atoms with E-state index in [-0.39, 0.29) is 22.0 Å². The quantitative estimate of drug-likeness (QED) is 0.618. The molecule has 1 aromatic carbocycles. The highest BCUT2D eigenvalue weighted by Crippen LogP contribution is 2.28. The minimum atomic E-state index is -3.95. The van der Waals surface area contributed by atoms with Crippen molar-refractivity contribution in [2.24, 2.45) is 10.3 Å². The van der Waals surface area contributed by atoms with Crippen LogP contribution in [0.4, 0.5) is 0 Å². The normalized spacial score (nSPS) is 12.7. The molecule has 0 aliphatic carbocycles. The third-order valence-corrected chi connectivity index (χ3v) is 5.31. The van der Waals surface area contributed by atoms with Gasteiger partial charge < -0.3 is 4.74 Å². The zero-order valence-corrected chi connectivity index (χ0v) is 14.5. The van der Waals surface area contributed by atoms with Gasteiger partial charge in [0, 0.05) is 23.0 Å². The summed E-state index contributed by atoms with van der Waals surface area (Å²) >= 11 is 6.81. The van der Waals surface area contributed by atoms with Gasteiger partial charge in [-0.3, -0.25) is 0 Å². The molecule has 0 amide bonds. The molecular weight excluding hydrogens is 346 g/mol. The monoisotopic (exact) mass is 359 g/mol. The van der Waals surface area contributed by atoms with E-state index in [1.54, 1.807) is 38.1 Å². The molecule has 0 aliphatic heterocycles. The molecule has 0 fully saturated rings. The van der Waals surface area contributed by atoms with Crippen molar-refractivity contribution in [3.05, 3.63) is 29.3 Å². The lowest BCUT2D eigenvalue weighted by molar-refractivity contribution is 0.376. The van der Waals surface area contributed by atoms with E-state index in [1.807, 2.05) is 0 Å². The van der Waals surface area contributed by atoms with Crippen molar-refractivity contribution in [3.8, 4) is 11.4 Å². The van der Waals surface area contributed by atoms with Crippen molar-refractivity contribution < 1.29 is 13.2 Å². The lowest BCUT2D eigenvalue weighted by atomic mass is 10.2. The van der Waals surface area contributed by atoms with Gasteiger partial charge in [-0.15, -0.1) is 4.40 Å². The van der Waals surface area contributed by atoms with E-state index in [0.29, 0.717) is 10.6 Å². The van der Waals surface area contributed by atoms with E-state index in [1.165, 1.54) is 7.11 Å². The Kier molecular flexibility index (Phi) is 5.15. The van der Waals surface area contributed by atoms with Crippen molar-refractivity contribution in [2.45, 2.75) is 18.2 Å². The molecule has 6 nitrogen and oxygen atoms in total. The van der Waals surface area contributed by atoms with Gasteiger partial charge in [0.05, 0.1) is 12.1 Å². The first-order chi connectivity index (χ1) is 10.3. The molecule has 0 saturated carbocycles. The SMILES string of the molecule is CO/C(=N\S(=O)(=O)c1nc(-c2ccccc2Cl)ns1)C(C)C. The van der Waals surface area contributed by atoms with Crippen molar-refractivity contribution in [1.82, 2.24) is 9.36 Å². The van der Waals surface area contributed by atoms with E-state index in [9.17, 15) is 8.42 Å². The number of aromatic nitrogens is 2. The molecule has 0 bridgehead atoms. The van der Waals surface area contributed by atoms with Crippen molar-refractivity contribution in [2.75, 3.05) is 7.11 Å². The number of benzene rings is 1. The van der Waals surface area contributed by atoms with Crippen LogP contribution in [-0.2, 0) is 14.8 Å². The summed E-state index contributed by atoms with van der Waals surface area (Å²) in [6.45, 7) is 3.57. The minimum absolute atomic E-state index is 0.120. The van der Waals surface area contributed by atoms with Crippen LogP contribution in [0.5, 0.6) is 0 Å². The topological polar surface area (TPSA) is 81.5 Å². The molecule has 0 saturated heterocycles. The maximum Gasteiger partial charge on any atom is 0.314 e. The van der Waals surface area contributed by atoms with Crippen LogP contribution in [0.3, 0.4) is 0 Å². The highest BCUT2D eigenvalue weighted by molar-refractivity contribution is 7.92. The fraction of sp³-hybridized carbons (Fsp3) is 0.308. The average molecular weight is 360 g/mol. The molecule has 0 unspecified atom stereocenters. The number of rotatable bonds is 4. The first-order valence-electron chi connectivity index (χ1n) is 6.32. The summed E-state index contributed by atoms with van der Waals surface area (Å²) in [5.41, 5.74) is 0.571. The van der Waals surface area contributed by atoms with Crippen LogP contribution < -0.4 is 0 Å². The van der Waals surface area contributed by atoms with Gasteiger partial charge in [0.15, 0.2) is 5.82 Å². The Morgan fingerprint density at radius 3 is 2.64 bits per heavy atom. The number of sulfonamides is 1. The van der Waals surface area contributed by atoms with Crippen LogP contribution in [0.1, 0.15) is 13.8 Å². The second kappa shape index (κ2) is 6.72. The number of hydrogen-bond donors (Lipinski definition) is 0. The summed E-state index contributed by atoms with van der Waals surface area (Å²) in [4.78, 5) is 4.03. The molecule has 0 spiro atoms. The Morgan fingerprint density at radius 1 is 1.36 bits per heavy atom. The minimum Gasteiger partial charge on any atom is -0.483 e. The van der Waals surface area contributed by atoms with E-state index >= 15 is 0 Å². The maximum absolute atomic E-state index is 12.2. The second-order valence-corrected chi connectivity index (χ2v) is 7.56. The molecule has 9 heteroatoms. The fourth-order valence-electron chi connectivity index (χ4n) is 1.60. The Labute approximate surface area is 138 Å². The smallest absolute Gasteiger partial charge is 0.314 e. The van der Waals surface area contributed by atoms with Gasteiger partial charge in [-0.25, -0.2) is 4.98 Å². The molecule has 2 aromatic rings. The predicted molar refractivity (Wildman–Crippen MR) is 86.8 cm³/mol. The van der Waals surface area contributed by atoms with Gasteiger partial charge in [-0.1, -0.05) is 37.6 Å². The lowest BCUT2D eigenvalue weighted by Gasteiger charge is -2.06. The number of ether oxygens (including phenoxy) is 1. The maximum atomic E-state index is 12.2. The third-order valence-electron chi connectivity index (χ3n) is 2.66. The largest absolute Gasteiger partial charge is 0.483 e. The summed E-state index contributed by atoms with van der Waals surface area (Å²) in [7, 11) is -2.57. The first kappa shape index (κ1) is 16.9. The van der Waals surface area contributed by atoms with E-state index in [0.717, 1.165) is 11.5 Å². The molecule has 118 valence electrons. The van der Waals surface area contributed by atoms with Gasteiger partial charge in [0.2, 0.25) is 5.90 Å². The van der Waals surface area contributed by atoms with Crippen LogP contribution >= 0.6 is 23.1 Å². The van der Waals surface area contributed by atoms with E-state index in [4.69, 9.17) is 16.3 Å². The van der Waals surface area contributed by atoms with Crippen LogP contribution in [0.2, 0.25) is 5.02 Å². The molecular formula is C13H14ClN3O3S2. The number of halogens is 1. The molecule has 0 aliphatic rings. The molecule has 22 heavy (non-hydrogen) atoms. The van der Waals surface area contributed by atoms with E-state index in [2.05, 4.69) is 13.8 Å². The average Bonchev–Trinajstić information content (AvgIpc) is 2.95. The zero-order chi connectivity index (χ0) is 16.3. The zero-order valence-electron chi connectivity index (χ0n) is 12.1. The molecule has 0 N–H and O–H groups in total. The highest BCUT2D eigenvalue weighted by atomic mass is 35.5. The van der Waals surface area contributed by atoms with Crippen molar-refractivity contribution >= 4 is 39.1 Å². The summed E-state index contributed by atoms with van der Waals surface area (Å²) in [6.07, 6.45) is 0. The van der Waals surface area contributed by atoms with Crippen LogP contribution in [0, 0.1) is 5.92 Å². The number of hydrogen-bond acceptors (Lipinski definition) is 6. The van der Waals surface area contributed by atoms with Crippen molar-refractivity contribution in [1.29, 1.82) is 0 Å². The number of methoxy groups -OCH3 is 1.